The van der Waals surface area contributed by atoms with Crippen LogP contribution in [0.15, 0.2) is 17.4 Å². The molecule has 2 bridgehead atoms. The van der Waals surface area contributed by atoms with E-state index in [1.807, 2.05) is 0 Å². The largest absolute Gasteiger partial charge is 0.374 e. The van der Waals surface area contributed by atoms with E-state index in [1.165, 1.54) is 6.20 Å². The number of aryl methyl sites for hydroxylation is 1. The van der Waals surface area contributed by atoms with E-state index in [9.17, 15) is 13.6 Å². The number of ether oxygens (including phenoxy) is 1. The molecule has 194 valence electrons. The molecule has 0 spiro atoms. The number of carbonyl (C=O) groups is 1. The first-order valence-corrected chi connectivity index (χ1v) is 12.8. The maximum Gasteiger partial charge on any atom is 0.284 e. The van der Waals surface area contributed by atoms with Crippen LogP contribution in [0.1, 0.15) is 68.0 Å². The lowest BCUT2D eigenvalue weighted by Crippen LogP contribution is -2.42. The van der Waals surface area contributed by atoms with Crippen LogP contribution < -0.4 is 5.32 Å². The second kappa shape index (κ2) is 9.22. The van der Waals surface area contributed by atoms with Crippen molar-refractivity contribution in [2.24, 2.45) is 4.99 Å². The molecule has 1 amide bonds. The summed E-state index contributed by atoms with van der Waals surface area (Å²) >= 11 is 0. The van der Waals surface area contributed by atoms with Crippen LogP contribution in [0.25, 0.3) is 0 Å². The van der Waals surface area contributed by atoms with E-state index in [2.05, 4.69) is 39.2 Å². The number of anilines is 1. The van der Waals surface area contributed by atoms with Gasteiger partial charge in [-0.05, 0) is 33.1 Å². The quantitative estimate of drug-likeness (QED) is 0.675. The van der Waals surface area contributed by atoms with Gasteiger partial charge in [-0.25, -0.2) is 18.5 Å². The molecule has 4 aliphatic heterocycles. The third-order valence-corrected chi connectivity index (χ3v) is 7.89. The Morgan fingerprint density at radius 1 is 1.19 bits per heavy atom. The van der Waals surface area contributed by atoms with Crippen LogP contribution >= 0.6 is 0 Å². The molecule has 12 heteroatoms. The smallest absolute Gasteiger partial charge is 0.284 e. The summed E-state index contributed by atoms with van der Waals surface area (Å²) in [4.78, 5) is 22.6. The van der Waals surface area contributed by atoms with E-state index in [0.29, 0.717) is 31.1 Å². The number of aromatic nitrogens is 4. The SMILES string of the molecule is CC(C)N1CCC(n2cc(NC(=O)c3cnn4c3N=C(N3C[C@@H]5C[C@H]3CO5)CC4)c(C(F)F)n2)CC1. The van der Waals surface area contributed by atoms with E-state index in [-0.39, 0.29) is 23.4 Å². The number of nitrogens with one attached hydrogen (secondary N) is 1. The molecule has 0 aromatic carbocycles. The van der Waals surface area contributed by atoms with Gasteiger partial charge in [-0.1, -0.05) is 0 Å². The Morgan fingerprint density at radius 3 is 2.67 bits per heavy atom. The van der Waals surface area contributed by atoms with Crippen LogP contribution in [-0.2, 0) is 11.3 Å². The topological polar surface area (TPSA) is 92.8 Å². The van der Waals surface area contributed by atoms with Crippen molar-refractivity contribution in [2.75, 3.05) is 31.6 Å². The maximum absolute atomic E-state index is 13.9. The number of hydrogen-bond donors (Lipinski definition) is 1. The maximum atomic E-state index is 13.9. The fraction of sp³-hybridized carbons (Fsp3) is 0.667. The average molecular weight is 503 g/mol. The summed E-state index contributed by atoms with van der Waals surface area (Å²) in [5.41, 5.74) is -0.103. The van der Waals surface area contributed by atoms with Crippen LogP contribution in [0.3, 0.4) is 0 Å². The number of piperidine rings is 1. The zero-order chi connectivity index (χ0) is 25.0. The molecule has 0 aliphatic carbocycles. The fourth-order valence-corrected chi connectivity index (χ4v) is 5.83. The molecule has 2 atom stereocenters. The minimum Gasteiger partial charge on any atom is -0.374 e. The second-order valence-corrected chi connectivity index (χ2v) is 10.4. The number of fused-ring (bicyclic) bond motifs is 3. The molecule has 0 unspecified atom stereocenters. The fourth-order valence-electron chi connectivity index (χ4n) is 5.83. The molecule has 36 heavy (non-hydrogen) atoms. The summed E-state index contributed by atoms with van der Waals surface area (Å²) in [5, 5.41) is 11.2. The highest BCUT2D eigenvalue weighted by molar-refractivity contribution is 6.08. The standard InChI is InChI=1S/C24H32F2N8O2/c1-14(2)31-6-3-15(4-7-31)34-12-19(21(30-34)22(25)26)28-24(35)18-10-27-33-8-5-20(29-23(18)33)32-11-17-9-16(32)13-36-17/h10,12,14-17,22H,3-9,11,13H2,1-2H3,(H,28,35)/t16-,17-/m0/s1. The number of alkyl halides is 2. The van der Waals surface area contributed by atoms with Crippen molar-refractivity contribution >= 4 is 23.2 Å². The van der Waals surface area contributed by atoms with Crippen LogP contribution in [0.4, 0.5) is 20.3 Å². The van der Waals surface area contributed by atoms with Gasteiger partial charge in [-0.15, -0.1) is 0 Å². The molecule has 2 aromatic rings. The molecule has 3 fully saturated rings. The van der Waals surface area contributed by atoms with Crippen molar-refractivity contribution < 1.29 is 18.3 Å². The van der Waals surface area contributed by atoms with Gasteiger partial charge in [0.2, 0.25) is 0 Å². The van der Waals surface area contributed by atoms with Gasteiger partial charge in [0, 0.05) is 38.3 Å². The van der Waals surface area contributed by atoms with Gasteiger partial charge in [0.15, 0.2) is 11.5 Å². The Balaban J connectivity index is 1.21. The van der Waals surface area contributed by atoms with Crippen molar-refractivity contribution in [3.05, 3.63) is 23.7 Å². The van der Waals surface area contributed by atoms with Crippen molar-refractivity contribution in [2.45, 2.75) is 76.7 Å². The predicted molar refractivity (Wildman–Crippen MR) is 129 cm³/mol. The number of morpholine rings is 1. The normalized spacial score (nSPS) is 24.6. The molecule has 6 heterocycles. The Labute approximate surface area is 208 Å². The monoisotopic (exact) mass is 502 g/mol. The Hall–Kier alpha value is -2.86. The molecular weight excluding hydrogens is 470 g/mol. The Morgan fingerprint density at radius 2 is 2.00 bits per heavy atom. The molecule has 1 N–H and O–H groups in total. The summed E-state index contributed by atoms with van der Waals surface area (Å²) in [5.74, 6) is 0.884. The first-order valence-electron chi connectivity index (χ1n) is 12.8. The number of amides is 1. The summed E-state index contributed by atoms with van der Waals surface area (Å²) in [6.45, 7) is 8.22. The highest BCUT2D eigenvalue weighted by atomic mass is 19.3. The predicted octanol–water partition coefficient (Wildman–Crippen LogP) is 3.22. The zero-order valence-corrected chi connectivity index (χ0v) is 20.6. The lowest BCUT2D eigenvalue weighted by atomic mass is 10.0. The minimum atomic E-state index is -2.80. The Bertz CT molecular complexity index is 1170. The summed E-state index contributed by atoms with van der Waals surface area (Å²) in [6.07, 6.45) is 3.84. The molecule has 3 saturated heterocycles. The Kier molecular flexibility index (Phi) is 6.03. The van der Waals surface area contributed by atoms with Crippen LogP contribution in [0.5, 0.6) is 0 Å². The number of halogens is 2. The highest BCUT2D eigenvalue weighted by Gasteiger charge is 2.41. The van der Waals surface area contributed by atoms with Gasteiger partial charge in [-0.3, -0.25) is 9.48 Å². The van der Waals surface area contributed by atoms with Gasteiger partial charge >= 0.3 is 0 Å². The van der Waals surface area contributed by atoms with Crippen LogP contribution in [-0.4, -0.2) is 85.5 Å². The van der Waals surface area contributed by atoms with Gasteiger partial charge < -0.3 is 19.9 Å². The van der Waals surface area contributed by atoms with Crippen molar-refractivity contribution in [3.63, 3.8) is 0 Å². The van der Waals surface area contributed by atoms with Crippen LogP contribution in [0, 0.1) is 0 Å². The number of amidine groups is 1. The zero-order valence-electron chi connectivity index (χ0n) is 20.6. The average Bonchev–Trinajstić information content (AvgIpc) is 3.66. The third-order valence-electron chi connectivity index (χ3n) is 7.89. The first-order chi connectivity index (χ1) is 17.4. The minimum absolute atomic E-state index is 0.0268. The number of rotatable bonds is 5. The van der Waals surface area contributed by atoms with Crippen molar-refractivity contribution in [3.8, 4) is 0 Å². The van der Waals surface area contributed by atoms with E-state index in [4.69, 9.17) is 9.73 Å². The number of aliphatic imine (C=N–C) groups is 1. The van der Waals surface area contributed by atoms with E-state index in [0.717, 1.165) is 51.2 Å². The number of likely N-dealkylation sites (tertiary alicyclic amines) is 2. The third kappa shape index (κ3) is 4.19. The summed E-state index contributed by atoms with van der Waals surface area (Å²) in [6, 6.07) is 0.806. The number of hydrogen-bond acceptors (Lipinski definition) is 7. The van der Waals surface area contributed by atoms with Gasteiger partial charge in [0.1, 0.15) is 11.4 Å². The highest BCUT2D eigenvalue weighted by Crippen LogP contribution is 2.34. The first kappa shape index (κ1) is 23.5. The molecular formula is C24H32F2N8O2. The van der Waals surface area contributed by atoms with E-state index < -0.39 is 18.0 Å². The van der Waals surface area contributed by atoms with Gasteiger partial charge in [-0.2, -0.15) is 10.2 Å². The summed E-state index contributed by atoms with van der Waals surface area (Å²) < 4.78 is 36.7. The molecule has 10 nitrogen and oxygen atoms in total. The molecule has 6 rings (SSSR count). The van der Waals surface area contributed by atoms with Crippen molar-refractivity contribution in [1.82, 2.24) is 29.4 Å². The molecule has 0 saturated carbocycles. The second-order valence-electron chi connectivity index (χ2n) is 10.4. The molecule has 4 aliphatic rings. The number of carbonyl (C=O) groups excluding carboxylic acids is 1. The summed E-state index contributed by atoms with van der Waals surface area (Å²) in [7, 11) is 0. The molecule has 0 radical (unpaired) electrons. The van der Waals surface area contributed by atoms with E-state index >= 15 is 0 Å². The lowest BCUT2D eigenvalue weighted by molar-refractivity contribution is 0.0557. The molecule has 2 aromatic heterocycles. The van der Waals surface area contributed by atoms with E-state index in [1.54, 1.807) is 15.6 Å². The van der Waals surface area contributed by atoms with Gasteiger partial charge in [0.25, 0.3) is 12.3 Å². The lowest BCUT2D eigenvalue weighted by Gasteiger charge is -2.34. The number of nitrogens with zero attached hydrogens (tertiary/aromatic N) is 7. The van der Waals surface area contributed by atoms with Crippen molar-refractivity contribution in [1.29, 1.82) is 0 Å². The van der Waals surface area contributed by atoms with Crippen LogP contribution in [0.2, 0.25) is 0 Å². The van der Waals surface area contributed by atoms with Gasteiger partial charge in [0.05, 0.1) is 43.2 Å².